The summed E-state index contributed by atoms with van der Waals surface area (Å²) in [6, 6.07) is 3.42. The minimum Gasteiger partial charge on any atom is -0.467 e. The van der Waals surface area contributed by atoms with E-state index in [0.717, 1.165) is 18.1 Å². The van der Waals surface area contributed by atoms with Crippen molar-refractivity contribution >= 4 is 27.5 Å². The minimum absolute atomic E-state index is 0.00376. The highest BCUT2D eigenvalue weighted by Crippen LogP contribution is 2.39. The highest BCUT2D eigenvalue weighted by Gasteiger charge is 2.16. The molecule has 0 bridgehead atoms. The van der Waals surface area contributed by atoms with Crippen molar-refractivity contribution in [2.24, 2.45) is 0 Å². The van der Waals surface area contributed by atoms with E-state index in [-0.39, 0.29) is 12.5 Å². The van der Waals surface area contributed by atoms with Crippen molar-refractivity contribution in [2.45, 2.75) is 43.5 Å². The van der Waals surface area contributed by atoms with Gasteiger partial charge >= 0.3 is 0 Å². The first kappa shape index (κ1) is 15.8. The zero-order chi connectivity index (χ0) is 14.2. The van der Waals surface area contributed by atoms with Gasteiger partial charge in [-0.2, -0.15) is 0 Å². The van der Waals surface area contributed by atoms with Crippen molar-refractivity contribution in [3.05, 3.63) is 24.2 Å². The predicted octanol–water partition coefficient (Wildman–Crippen LogP) is 3.14. The Bertz CT molecular complexity index is 391. The Morgan fingerprint density at radius 3 is 3.15 bits per heavy atom. The molecular weight excluding hydrogens is 294 g/mol. The molecule has 1 saturated heterocycles. The molecule has 6 heteroatoms. The molecule has 1 aliphatic heterocycles. The SMILES string of the molecule is O=C(CCCCC1CCSS1)NCC(O)c1ccco1. The second kappa shape index (κ2) is 8.64. The van der Waals surface area contributed by atoms with Gasteiger partial charge in [0.25, 0.3) is 0 Å². The molecule has 2 unspecified atom stereocenters. The maximum Gasteiger partial charge on any atom is 0.220 e. The van der Waals surface area contributed by atoms with Gasteiger partial charge in [0.15, 0.2) is 0 Å². The van der Waals surface area contributed by atoms with Gasteiger partial charge in [-0.3, -0.25) is 4.79 Å². The summed E-state index contributed by atoms with van der Waals surface area (Å²) in [5.41, 5.74) is 0. The number of hydrogen-bond donors (Lipinski definition) is 2. The summed E-state index contributed by atoms with van der Waals surface area (Å²) in [4.78, 5) is 11.7. The van der Waals surface area contributed by atoms with Gasteiger partial charge < -0.3 is 14.8 Å². The molecule has 2 atom stereocenters. The van der Waals surface area contributed by atoms with Gasteiger partial charge in [0.1, 0.15) is 11.9 Å². The molecule has 0 aliphatic carbocycles. The minimum atomic E-state index is -0.763. The summed E-state index contributed by atoms with van der Waals surface area (Å²) in [6.07, 6.45) is 5.82. The van der Waals surface area contributed by atoms with Crippen LogP contribution in [0.1, 0.15) is 44.0 Å². The van der Waals surface area contributed by atoms with Crippen LogP contribution in [0.25, 0.3) is 0 Å². The van der Waals surface area contributed by atoms with Gasteiger partial charge in [-0.1, -0.05) is 28.0 Å². The Morgan fingerprint density at radius 2 is 2.45 bits per heavy atom. The Labute approximate surface area is 127 Å². The van der Waals surface area contributed by atoms with E-state index in [0.29, 0.717) is 12.2 Å². The number of carbonyl (C=O) groups is 1. The number of nitrogens with one attached hydrogen (secondary N) is 1. The number of aliphatic hydroxyl groups excluding tert-OH is 1. The predicted molar refractivity (Wildman–Crippen MR) is 83.6 cm³/mol. The van der Waals surface area contributed by atoms with Crippen LogP contribution >= 0.6 is 21.6 Å². The highest BCUT2D eigenvalue weighted by molar-refractivity contribution is 8.77. The standard InChI is InChI=1S/C14H21NO3S2/c16-12(13-5-3-8-18-13)10-15-14(17)6-2-1-4-11-7-9-19-20-11/h3,5,8,11-12,16H,1-2,4,6-7,9-10H2,(H,15,17). The lowest BCUT2D eigenvalue weighted by Crippen LogP contribution is -2.27. The van der Waals surface area contributed by atoms with E-state index in [9.17, 15) is 9.90 Å². The maximum absolute atomic E-state index is 11.7. The van der Waals surface area contributed by atoms with Crippen LogP contribution < -0.4 is 5.32 Å². The van der Waals surface area contributed by atoms with Gasteiger partial charge in [0.05, 0.1) is 12.8 Å². The number of furan rings is 1. The molecule has 112 valence electrons. The third-order valence-electron chi connectivity index (χ3n) is 3.27. The van der Waals surface area contributed by atoms with Crippen molar-refractivity contribution in [3.8, 4) is 0 Å². The second-order valence-electron chi connectivity index (χ2n) is 4.91. The van der Waals surface area contributed by atoms with Crippen LogP contribution in [0, 0.1) is 0 Å². The van der Waals surface area contributed by atoms with Crippen LogP contribution in [0.15, 0.2) is 22.8 Å². The molecule has 0 spiro atoms. The molecule has 0 saturated carbocycles. The number of carbonyl (C=O) groups excluding carboxylic acids is 1. The monoisotopic (exact) mass is 315 g/mol. The maximum atomic E-state index is 11.7. The third-order valence-corrected chi connectivity index (χ3v) is 6.28. The average molecular weight is 315 g/mol. The topological polar surface area (TPSA) is 62.5 Å². The number of rotatable bonds is 8. The van der Waals surface area contributed by atoms with Gasteiger partial charge in [0, 0.05) is 17.4 Å². The Morgan fingerprint density at radius 1 is 1.55 bits per heavy atom. The first-order valence-corrected chi connectivity index (χ1v) is 9.40. The lowest BCUT2D eigenvalue weighted by atomic mass is 10.1. The van der Waals surface area contributed by atoms with Crippen molar-refractivity contribution in [1.82, 2.24) is 5.32 Å². The van der Waals surface area contributed by atoms with Crippen LogP contribution in [-0.4, -0.2) is 28.6 Å². The number of unbranched alkanes of at least 4 members (excludes halogenated alkanes) is 1. The van der Waals surface area contributed by atoms with Gasteiger partial charge in [-0.25, -0.2) is 0 Å². The summed E-state index contributed by atoms with van der Waals surface area (Å²) < 4.78 is 5.08. The number of aliphatic hydroxyl groups is 1. The fourth-order valence-corrected chi connectivity index (χ4v) is 5.13. The molecule has 1 aromatic heterocycles. The summed E-state index contributed by atoms with van der Waals surface area (Å²) >= 11 is 0. The Balaban J connectivity index is 1.51. The molecule has 4 nitrogen and oxygen atoms in total. The van der Waals surface area contributed by atoms with E-state index in [1.165, 1.54) is 24.9 Å². The van der Waals surface area contributed by atoms with Crippen molar-refractivity contribution in [3.63, 3.8) is 0 Å². The molecule has 1 aromatic rings. The van der Waals surface area contributed by atoms with Crippen LogP contribution in [-0.2, 0) is 4.79 Å². The smallest absolute Gasteiger partial charge is 0.220 e. The highest BCUT2D eigenvalue weighted by atomic mass is 33.1. The van der Waals surface area contributed by atoms with E-state index >= 15 is 0 Å². The normalized spacial score (nSPS) is 19.9. The van der Waals surface area contributed by atoms with E-state index < -0.39 is 6.10 Å². The van der Waals surface area contributed by atoms with E-state index in [4.69, 9.17) is 4.42 Å². The molecule has 1 aliphatic rings. The van der Waals surface area contributed by atoms with E-state index in [1.54, 1.807) is 12.1 Å². The first-order chi connectivity index (χ1) is 9.75. The van der Waals surface area contributed by atoms with Crippen molar-refractivity contribution in [1.29, 1.82) is 0 Å². The Hall–Kier alpha value is -0.590. The van der Waals surface area contributed by atoms with Gasteiger partial charge in [-0.05, 0) is 31.4 Å². The lowest BCUT2D eigenvalue weighted by molar-refractivity contribution is -0.121. The summed E-state index contributed by atoms with van der Waals surface area (Å²) in [7, 11) is 3.94. The summed E-state index contributed by atoms with van der Waals surface area (Å²) in [6.45, 7) is 0.210. The van der Waals surface area contributed by atoms with Crippen molar-refractivity contribution in [2.75, 3.05) is 12.3 Å². The van der Waals surface area contributed by atoms with Gasteiger partial charge in [0.2, 0.25) is 5.91 Å². The second-order valence-corrected chi connectivity index (χ2v) is 7.70. The average Bonchev–Trinajstić information content (AvgIpc) is 3.13. The zero-order valence-electron chi connectivity index (χ0n) is 11.4. The van der Waals surface area contributed by atoms with Crippen LogP contribution in [0.5, 0.6) is 0 Å². The third kappa shape index (κ3) is 5.42. The molecule has 2 N–H and O–H groups in total. The largest absolute Gasteiger partial charge is 0.467 e. The van der Waals surface area contributed by atoms with Crippen LogP contribution in [0.4, 0.5) is 0 Å². The van der Waals surface area contributed by atoms with Crippen LogP contribution in [0.2, 0.25) is 0 Å². The first-order valence-electron chi connectivity index (χ1n) is 7.02. The van der Waals surface area contributed by atoms with Crippen LogP contribution in [0.3, 0.4) is 0 Å². The molecule has 0 aromatic carbocycles. The number of amides is 1. The quantitative estimate of drug-likeness (QED) is 0.570. The molecule has 0 radical (unpaired) electrons. The van der Waals surface area contributed by atoms with Crippen molar-refractivity contribution < 1.29 is 14.3 Å². The van der Waals surface area contributed by atoms with Gasteiger partial charge in [-0.15, -0.1) is 0 Å². The zero-order valence-corrected chi connectivity index (χ0v) is 13.0. The Kier molecular flexibility index (Phi) is 6.82. The summed E-state index contributed by atoms with van der Waals surface area (Å²) in [5, 5.41) is 13.3. The lowest BCUT2D eigenvalue weighted by Gasteiger charge is -2.10. The molecule has 1 fully saturated rings. The fourth-order valence-electron chi connectivity index (χ4n) is 2.10. The molecule has 1 amide bonds. The molecule has 2 rings (SSSR count). The van der Waals surface area contributed by atoms with E-state index in [2.05, 4.69) is 5.32 Å². The summed E-state index contributed by atoms with van der Waals surface area (Å²) in [5.74, 6) is 1.76. The number of hydrogen-bond acceptors (Lipinski definition) is 5. The molecule has 2 heterocycles. The van der Waals surface area contributed by atoms with E-state index in [1.807, 2.05) is 21.6 Å². The fraction of sp³-hybridized carbons (Fsp3) is 0.643. The molecular formula is C14H21NO3S2. The molecule has 20 heavy (non-hydrogen) atoms.